The maximum atomic E-state index is 11.6. The van der Waals surface area contributed by atoms with Gasteiger partial charge in [-0.15, -0.1) is 0 Å². The molecular formula is C10H13N3O3. The maximum Gasteiger partial charge on any atom is 0.351 e. The Balaban J connectivity index is 2.39. The van der Waals surface area contributed by atoms with Gasteiger partial charge in [-0.25, -0.2) is 4.79 Å². The van der Waals surface area contributed by atoms with Gasteiger partial charge >= 0.3 is 5.69 Å². The van der Waals surface area contributed by atoms with E-state index in [-0.39, 0.29) is 11.9 Å². The van der Waals surface area contributed by atoms with Crippen molar-refractivity contribution in [3.63, 3.8) is 0 Å². The number of nitrogens with two attached hydrogens (primary N) is 1. The Bertz CT molecular complexity index is 482. The largest absolute Gasteiger partial charge is 0.386 e. The number of hydrogen-bond acceptors (Lipinski definition) is 5. The lowest BCUT2D eigenvalue weighted by Crippen LogP contribution is -2.27. The number of ether oxygens (including phenoxy) is 1. The van der Waals surface area contributed by atoms with Crippen LogP contribution in [0.3, 0.4) is 0 Å². The summed E-state index contributed by atoms with van der Waals surface area (Å²) in [4.78, 5) is 15.1. The van der Waals surface area contributed by atoms with Gasteiger partial charge in [0.25, 0.3) is 0 Å². The number of nitrogens with zero attached hydrogens (tertiary/aromatic N) is 2. The van der Waals surface area contributed by atoms with Gasteiger partial charge in [0, 0.05) is 11.8 Å². The summed E-state index contributed by atoms with van der Waals surface area (Å²) in [6.07, 6.45) is -0.354. The van der Waals surface area contributed by atoms with E-state index in [1.165, 1.54) is 16.8 Å². The van der Waals surface area contributed by atoms with Crippen molar-refractivity contribution in [3.8, 4) is 0 Å². The van der Waals surface area contributed by atoms with Gasteiger partial charge in [-0.1, -0.05) is 6.58 Å². The molecule has 16 heavy (non-hydrogen) atoms. The van der Waals surface area contributed by atoms with Gasteiger partial charge in [0.1, 0.15) is 11.9 Å². The Morgan fingerprint density at radius 3 is 2.88 bits per heavy atom. The van der Waals surface area contributed by atoms with Crippen molar-refractivity contribution in [2.45, 2.75) is 25.4 Å². The van der Waals surface area contributed by atoms with Crippen LogP contribution < -0.4 is 11.4 Å². The van der Waals surface area contributed by atoms with E-state index in [2.05, 4.69) is 11.6 Å². The minimum atomic E-state index is -0.769. The second-order valence-corrected chi connectivity index (χ2v) is 3.76. The molecule has 86 valence electrons. The predicted octanol–water partition coefficient (Wildman–Crippen LogP) is -0.340. The van der Waals surface area contributed by atoms with Gasteiger partial charge in [-0.2, -0.15) is 4.98 Å². The fraction of sp³-hybridized carbons (Fsp3) is 0.400. The summed E-state index contributed by atoms with van der Waals surface area (Å²) in [6, 6.07) is 1.49. The lowest BCUT2D eigenvalue weighted by molar-refractivity contribution is -0.00759. The highest BCUT2D eigenvalue weighted by atomic mass is 16.5. The number of hydrogen-bond donors (Lipinski definition) is 2. The van der Waals surface area contributed by atoms with Crippen LogP contribution in [0, 0.1) is 0 Å². The molecule has 0 saturated carbocycles. The van der Waals surface area contributed by atoms with Crippen molar-refractivity contribution in [3.05, 3.63) is 34.9 Å². The Morgan fingerprint density at radius 2 is 2.38 bits per heavy atom. The summed E-state index contributed by atoms with van der Waals surface area (Å²) in [7, 11) is 0. The summed E-state index contributed by atoms with van der Waals surface area (Å²) in [5.74, 6) is 0.151. The van der Waals surface area contributed by atoms with E-state index in [4.69, 9.17) is 10.5 Å². The van der Waals surface area contributed by atoms with Crippen LogP contribution >= 0.6 is 0 Å². The van der Waals surface area contributed by atoms with Crippen molar-refractivity contribution in [2.75, 3.05) is 5.73 Å². The first-order valence-electron chi connectivity index (χ1n) is 4.87. The first-order valence-corrected chi connectivity index (χ1v) is 4.87. The van der Waals surface area contributed by atoms with Gasteiger partial charge in [0.05, 0.1) is 6.10 Å². The van der Waals surface area contributed by atoms with Crippen LogP contribution in [-0.2, 0) is 4.74 Å². The molecule has 0 aliphatic carbocycles. The van der Waals surface area contributed by atoms with E-state index >= 15 is 0 Å². The lowest BCUT2D eigenvalue weighted by atomic mass is 10.1. The minimum absolute atomic E-state index is 0.151. The topological polar surface area (TPSA) is 90.4 Å². The average molecular weight is 223 g/mol. The zero-order valence-electron chi connectivity index (χ0n) is 8.83. The number of aromatic nitrogens is 2. The SMILES string of the molecule is C=C1C(O)[C@@H](C)O[C@H]1n1ccc(N)nc1=O. The molecule has 3 atom stereocenters. The molecule has 0 radical (unpaired) electrons. The number of nitrogen functional groups attached to an aromatic ring is 1. The summed E-state index contributed by atoms with van der Waals surface area (Å²) < 4.78 is 6.68. The Morgan fingerprint density at radius 1 is 1.69 bits per heavy atom. The summed E-state index contributed by atoms with van der Waals surface area (Å²) >= 11 is 0. The van der Waals surface area contributed by atoms with Crippen LogP contribution in [0.2, 0.25) is 0 Å². The Labute approximate surface area is 92.0 Å². The molecule has 1 saturated heterocycles. The Hall–Kier alpha value is -1.66. The Kier molecular flexibility index (Phi) is 2.53. The summed E-state index contributed by atoms with van der Waals surface area (Å²) in [6.45, 7) is 5.43. The van der Waals surface area contributed by atoms with E-state index in [9.17, 15) is 9.90 Å². The second kappa shape index (κ2) is 3.73. The monoisotopic (exact) mass is 223 g/mol. The van der Waals surface area contributed by atoms with Crippen molar-refractivity contribution in [1.82, 2.24) is 9.55 Å². The van der Waals surface area contributed by atoms with Crippen LogP contribution in [0.4, 0.5) is 5.82 Å². The van der Waals surface area contributed by atoms with Gasteiger partial charge in [0.15, 0.2) is 6.23 Å². The van der Waals surface area contributed by atoms with Crippen LogP contribution in [0.1, 0.15) is 13.2 Å². The molecule has 1 aromatic heterocycles. The first kappa shape index (κ1) is 10.8. The van der Waals surface area contributed by atoms with Crippen molar-refractivity contribution < 1.29 is 9.84 Å². The predicted molar refractivity (Wildman–Crippen MR) is 57.6 cm³/mol. The molecule has 3 N–H and O–H groups in total. The molecule has 0 aromatic carbocycles. The fourth-order valence-corrected chi connectivity index (χ4v) is 1.66. The molecule has 0 spiro atoms. The van der Waals surface area contributed by atoms with Gasteiger partial charge in [-0.3, -0.25) is 4.57 Å². The minimum Gasteiger partial charge on any atom is -0.386 e. The molecule has 6 nitrogen and oxygen atoms in total. The third-order valence-corrected chi connectivity index (χ3v) is 2.59. The average Bonchev–Trinajstić information content (AvgIpc) is 2.46. The number of aliphatic hydroxyl groups excluding tert-OH is 1. The normalized spacial score (nSPS) is 29.6. The molecule has 1 unspecified atom stereocenters. The molecule has 2 rings (SSSR count). The third-order valence-electron chi connectivity index (χ3n) is 2.59. The van der Waals surface area contributed by atoms with Crippen LogP contribution in [0.15, 0.2) is 29.2 Å². The van der Waals surface area contributed by atoms with Crippen LogP contribution in [0.25, 0.3) is 0 Å². The number of rotatable bonds is 1. The molecular weight excluding hydrogens is 210 g/mol. The highest BCUT2D eigenvalue weighted by Crippen LogP contribution is 2.31. The van der Waals surface area contributed by atoms with Gasteiger partial charge < -0.3 is 15.6 Å². The summed E-state index contributed by atoms with van der Waals surface area (Å²) in [5.41, 5.74) is 5.30. The zero-order valence-corrected chi connectivity index (χ0v) is 8.83. The number of anilines is 1. The quantitative estimate of drug-likeness (QED) is 0.636. The zero-order chi connectivity index (χ0) is 11.9. The van der Waals surface area contributed by atoms with E-state index in [0.29, 0.717) is 5.57 Å². The van der Waals surface area contributed by atoms with E-state index < -0.39 is 18.0 Å². The van der Waals surface area contributed by atoms with E-state index in [1.807, 2.05) is 0 Å². The molecule has 1 aliphatic heterocycles. The maximum absolute atomic E-state index is 11.6. The molecule has 1 aromatic rings. The molecule has 2 heterocycles. The van der Waals surface area contributed by atoms with E-state index in [1.54, 1.807) is 6.92 Å². The standard InChI is InChI=1S/C10H13N3O3/c1-5-8(14)6(2)16-9(5)13-4-3-7(11)12-10(13)15/h3-4,6,8-9,14H,1H2,2H3,(H2,11,12,15)/t6-,8?,9-/m1/s1. The first-order chi connectivity index (χ1) is 7.50. The van der Waals surface area contributed by atoms with Gasteiger partial charge in [0.2, 0.25) is 0 Å². The number of aliphatic hydroxyl groups is 1. The van der Waals surface area contributed by atoms with Crippen LogP contribution in [0.5, 0.6) is 0 Å². The lowest BCUT2D eigenvalue weighted by Gasteiger charge is -2.14. The van der Waals surface area contributed by atoms with Crippen LogP contribution in [-0.4, -0.2) is 26.9 Å². The molecule has 1 aliphatic rings. The molecule has 0 bridgehead atoms. The summed E-state index contributed by atoms with van der Waals surface area (Å²) in [5, 5.41) is 9.66. The van der Waals surface area contributed by atoms with Crippen molar-refractivity contribution in [2.24, 2.45) is 0 Å². The molecule has 6 heteroatoms. The van der Waals surface area contributed by atoms with Crippen molar-refractivity contribution >= 4 is 5.82 Å². The second-order valence-electron chi connectivity index (χ2n) is 3.76. The van der Waals surface area contributed by atoms with Crippen molar-refractivity contribution in [1.29, 1.82) is 0 Å². The fourth-order valence-electron chi connectivity index (χ4n) is 1.66. The third kappa shape index (κ3) is 1.62. The molecule has 0 amide bonds. The smallest absolute Gasteiger partial charge is 0.351 e. The highest BCUT2D eigenvalue weighted by Gasteiger charge is 2.36. The van der Waals surface area contributed by atoms with Gasteiger partial charge in [-0.05, 0) is 13.0 Å². The van der Waals surface area contributed by atoms with E-state index in [0.717, 1.165) is 0 Å². The highest BCUT2D eigenvalue weighted by molar-refractivity contribution is 5.24. The molecule has 1 fully saturated rings.